The van der Waals surface area contributed by atoms with Crippen LogP contribution in [-0.4, -0.2) is 6.61 Å². The first-order chi connectivity index (χ1) is 13.6. The van der Waals surface area contributed by atoms with Crippen molar-refractivity contribution in [2.75, 3.05) is 6.61 Å². The Hall–Kier alpha value is -1.81. The average molecular weight is 388 g/mol. The molecule has 0 bridgehead atoms. The van der Waals surface area contributed by atoms with Crippen LogP contribution in [0.4, 0.5) is 13.2 Å². The van der Waals surface area contributed by atoms with E-state index >= 15 is 0 Å². The van der Waals surface area contributed by atoms with Gasteiger partial charge < -0.3 is 4.74 Å². The van der Waals surface area contributed by atoms with Crippen molar-refractivity contribution in [1.82, 2.24) is 0 Å². The molecule has 0 radical (unpaired) electrons. The first kappa shape index (κ1) is 19.5. The first-order valence-electron chi connectivity index (χ1n) is 10.4. The Bertz CT molecular complexity index is 836. The molecule has 2 aromatic rings. The van der Waals surface area contributed by atoms with Crippen molar-refractivity contribution in [3.05, 3.63) is 70.0 Å². The molecule has 150 valence electrons. The van der Waals surface area contributed by atoms with Crippen LogP contribution in [0, 0.1) is 23.4 Å². The summed E-state index contributed by atoms with van der Waals surface area (Å²) in [6.07, 6.45) is 5.93. The molecule has 4 rings (SSSR count). The third kappa shape index (κ3) is 4.12. The van der Waals surface area contributed by atoms with E-state index in [9.17, 15) is 13.2 Å². The molecule has 1 unspecified atom stereocenters. The van der Waals surface area contributed by atoms with E-state index in [-0.39, 0.29) is 17.8 Å². The fourth-order valence-corrected chi connectivity index (χ4v) is 4.51. The van der Waals surface area contributed by atoms with Gasteiger partial charge in [-0.15, -0.1) is 0 Å². The summed E-state index contributed by atoms with van der Waals surface area (Å²) < 4.78 is 48.1. The highest BCUT2D eigenvalue weighted by molar-refractivity contribution is 5.32. The Morgan fingerprint density at radius 1 is 0.929 bits per heavy atom. The molecule has 2 aliphatic rings. The molecule has 0 spiro atoms. The topological polar surface area (TPSA) is 12.5 Å². The van der Waals surface area contributed by atoms with Crippen molar-refractivity contribution in [1.29, 1.82) is 0 Å². The Kier molecular flexibility index (Phi) is 5.77. The molecule has 1 saturated carbocycles. The van der Waals surface area contributed by atoms with Gasteiger partial charge in [-0.05, 0) is 79.5 Å². The van der Waals surface area contributed by atoms with Crippen molar-refractivity contribution >= 4 is 0 Å². The van der Waals surface area contributed by atoms with Crippen LogP contribution in [0.2, 0.25) is 0 Å². The van der Waals surface area contributed by atoms with Gasteiger partial charge in [-0.3, -0.25) is 0 Å². The quantitative estimate of drug-likeness (QED) is 0.505. The van der Waals surface area contributed by atoms with E-state index in [0.717, 1.165) is 56.1 Å². The summed E-state index contributed by atoms with van der Waals surface area (Å²) in [5.41, 5.74) is 2.65. The lowest BCUT2D eigenvalue weighted by atomic mass is 9.76. The maximum absolute atomic E-state index is 14.5. The molecule has 0 N–H and O–H groups in total. The second-order valence-corrected chi connectivity index (χ2v) is 8.23. The second-order valence-electron chi connectivity index (χ2n) is 8.23. The number of epoxide rings is 1. The van der Waals surface area contributed by atoms with E-state index < -0.39 is 11.6 Å². The largest absolute Gasteiger partial charge is 0.368 e. The lowest BCUT2D eigenvalue weighted by Gasteiger charge is -2.29. The van der Waals surface area contributed by atoms with E-state index in [2.05, 4.69) is 0 Å². The minimum Gasteiger partial charge on any atom is -0.368 e. The summed E-state index contributed by atoms with van der Waals surface area (Å²) in [7, 11) is 0. The predicted molar refractivity (Wildman–Crippen MR) is 104 cm³/mol. The first-order valence-corrected chi connectivity index (χ1v) is 10.4. The molecule has 1 saturated heterocycles. The van der Waals surface area contributed by atoms with Gasteiger partial charge in [0, 0.05) is 5.56 Å². The van der Waals surface area contributed by atoms with E-state index in [1.807, 2.05) is 19.1 Å². The van der Waals surface area contributed by atoms with Gasteiger partial charge in [-0.25, -0.2) is 13.2 Å². The van der Waals surface area contributed by atoms with Crippen LogP contribution in [0.25, 0.3) is 0 Å². The third-order valence-corrected chi connectivity index (χ3v) is 6.46. The molecule has 4 heteroatoms. The summed E-state index contributed by atoms with van der Waals surface area (Å²) in [5.74, 6) is -0.956. The molecule has 0 aromatic heterocycles. The zero-order valence-electron chi connectivity index (χ0n) is 16.3. The fraction of sp³-hybridized carbons (Fsp3) is 0.500. The Morgan fingerprint density at radius 3 is 2.25 bits per heavy atom. The van der Waals surface area contributed by atoms with E-state index in [0.29, 0.717) is 23.7 Å². The fourth-order valence-electron chi connectivity index (χ4n) is 4.51. The number of benzene rings is 2. The van der Waals surface area contributed by atoms with E-state index in [4.69, 9.17) is 4.74 Å². The second kappa shape index (κ2) is 8.28. The predicted octanol–water partition coefficient (Wildman–Crippen LogP) is 6.64. The molecular formula is C24H27F3O. The Morgan fingerprint density at radius 2 is 1.61 bits per heavy atom. The van der Waals surface area contributed by atoms with Crippen LogP contribution in [0.1, 0.15) is 73.3 Å². The molecule has 1 aliphatic heterocycles. The van der Waals surface area contributed by atoms with Gasteiger partial charge in [0.2, 0.25) is 0 Å². The number of aryl methyl sites for hydroxylation is 2. The molecule has 1 atom stereocenters. The number of hydrogen-bond acceptors (Lipinski definition) is 1. The Labute approximate surface area is 164 Å². The summed E-state index contributed by atoms with van der Waals surface area (Å²) in [5, 5.41) is 0. The molecule has 1 aliphatic carbocycles. The molecule has 1 nitrogen and oxygen atoms in total. The number of halogens is 3. The van der Waals surface area contributed by atoms with Gasteiger partial charge in [0.15, 0.2) is 11.6 Å². The zero-order valence-corrected chi connectivity index (χ0v) is 16.3. The van der Waals surface area contributed by atoms with Crippen molar-refractivity contribution < 1.29 is 17.9 Å². The van der Waals surface area contributed by atoms with Crippen LogP contribution >= 0.6 is 0 Å². The standard InChI is InChI=1S/C24H27F3O/c1-2-15-3-9-18(21(25)13-15)10-6-16-4-7-17(8-5-16)19-11-12-20(22-14-28-22)24(27)23(19)26/h3,9,11-13,16-17,22H,2,4-8,10,14H2,1H3. The molecule has 0 amide bonds. The SMILES string of the molecule is CCc1ccc(CCC2CCC(c3ccc(C4CO4)c(F)c3F)CC2)c(F)c1. The van der Waals surface area contributed by atoms with Crippen molar-refractivity contribution in [3.63, 3.8) is 0 Å². The van der Waals surface area contributed by atoms with Crippen LogP contribution in [-0.2, 0) is 17.6 Å². The molecular weight excluding hydrogens is 361 g/mol. The number of rotatable bonds is 6. The highest BCUT2D eigenvalue weighted by atomic mass is 19.2. The minimum atomic E-state index is -0.742. The Balaban J connectivity index is 1.33. The molecule has 28 heavy (non-hydrogen) atoms. The van der Waals surface area contributed by atoms with E-state index in [1.54, 1.807) is 18.2 Å². The lowest BCUT2D eigenvalue weighted by Crippen LogP contribution is -2.16. The maximum atomic E-state index is 14.5. The average Bonchev–Trinajstić information content (AvgIpc) is 3.55. The monoisotopic (exact) mass is 388 g/mol. The van der Waals surface area contributed by atoms with Crippen LogP contribution < -0.4 is 0 Å². The van der Waals surface area contributed by atoms with Crippen LogP contribution in [0.5, 0.6) is 0 Å². The van der Waals surface area contributed by atoms with Crippen LogP contribution in [0.3, 0.4) is 0 Å². The summed E-state index contributed by atoms with van der Waals surface area (Å²) in [6.45, 7) is 2.50. The third-order valence-electron chi connectivity index (χ3n) is 6.46. The highest BCUT2D eigenvalue weighted by Crippen LogP contribution is 2.41. The van der Waals surface area contributed by atoms with E-state index in [1.165, 1.54) is 0 Å². The normalized spacial score (nSPS) is 24.4. The molecule has 1 heterocycles. The van der Waals surface area contributed by atoms with Gasteiger partial charge in [0.25, 0.3) is 0 Å². The van der Waals surface area contributed by atoms with Gasteiger partial charge in [0.1, 0.15) is 11.9 Å². The maximum Gasteiger partial charge on any atom is 0.165 e. The number of ether oxygens (including phenoxy) is 1. The summed E-state index contributed by atoms with van der Waals surface area (Å²) in [6, 6.07) is 8.97. The van der Waals surface area contributed by atoms with Gasteiger partial charge in [-0.2, -0.15) is 0 Å². The lowest BCUT2D eigenvalue weighted by molar-refractivity contribution is 0.303. The van der Waals surface area contributed by atoms with Gasteiger partial charge >= 0.3 is 0 Å². The van der Waals surface area contributed by atoms with Crippen LogP contribution in [0.15, 0.2) is 30.3 Å². The van der Waals surface area contributed by atoms with Gasteiger partial charge in [-0.1, -0.05) is 31.2 Å². The van der Waals surface area contributed by atoms with Crippen molar-refractivity contribution in [2.45, 2.75) is 63.9 Å². The number of hydrogen-bond donors (Lipinski definition) is 0. The van der Waals surface area contributed by atoms with Crippen molar-refractivity contribution in [2.24, 2.45) is 5.92 Å². The van der Waals surface area contributed by atoms with Crippen molar-refractivity contribution in [3.8, 4) is 0 Å². The molecule has 2 fully saturated rings. The summed E-state index contributed by atoms with van der Waals surface area (Å²) in [4.78, 5) is 0. The summed E-state index contributed by atoms with van der Waals surface area (Å²) >= 11 is 0. The highest BCUT2D eigenvalue weighted by Gasteiger charge is 2.32. The zero-order chi connectivity index (χ0) is 19.7. The van der Waals surface area contributed by atoms with Gasteiger partial charge in [0.05, 0.1) is 6.61 Å². The smallest absolute Gasteiger partial charge is 0.165 e. The minimum absolute atomic E-state index is 0.0699. The molecule has 2 aromatic carbocycles.